The molecule has 0 bridgehead atoms. The first-order valence-electron chi connectivity index (χ1n) is 9.35. The molecule has 1 fully saturated rings. The van der Waals surface area contributed by atoms with E-state index in [1.165, 1.54) is 36.8 Å². The van der Waals surface area contributed by atoms with Crippen LogP contribution in [0.4, 0.5) is 0 Å². The van der Waals surface area contributed by atoms with E-state index >= 15 is 0 Å². The van der Waals surface area contributed by atoms with Gasteiger partial charge in [0, 0.05) is 0 Å². The number of ether oxygens (including phenoxy) is 3. The van der Waals surface area contributed by atoms with Crippen LogP contribution in [0.5, 0.6) is 11.5 Å². The van der Waals surface area contributed by atoms with E-state index in [0.29, 0.717) is 29.9 Å². The molecule has 2 atom stereocenters. The van der Waals surface area contributed by atoms with Crippen molar-refractivity contribution in [2.45, 2.75) is 56.5 Å². The molecule has 0 N–H and O–H groups in total. The molecule has 2 aliphatic rings. The van der Waals surface area contributed by atoms with Gasteiger partial charge in [-0.3, -0.25) is 0 Å². The number of rotatable bonds is 5. The van der Waals surface area contributed by atoms with Gasteiger partial charge in [0.15, 0.2) is 0 Å². The van der Waals surface area contributed by atoms with Gasteiger partial charge in [0.25, 0.3) is 0 Å². The van der Waals surface area contributed by atoms with Crippen molar-refractivity contribution in [3.8, 4) is 17.6 Å². The van der Waals surface area contributed by atoms with Crippen LogP contribution < -0.4 is 9.47 Å². The summed E-state index contributed by atoms with van der Waals surface area (Å²) in [6.07, 6.45) is 6.45. The zero-order valence-corrected chi connectivity index (χ0v) is 18.3. The monoisotopic (exact) mass is 431 g/mol. The summed E-state index contributed by atoms with van der Waals surface area (Å²) in [7, 11) is 3.01. The second-order valence-corrected chi connectivity index (χ2v) is 8.72. The number of carbonyl (C=O) groups excluding carboxylic acids is 1. The van der Waals surface area contributed by atoms with Gasteiger partial charge >= 0.3 is 169 Å². The molecule has 27 heavy (non-hydrogen) atoms. The molecule has 0 radical (unpaired) electrons. The molecule has 2 unspecified atom stereocenters. The molecule has 6 heteroatoms. The molecule has 1 aromatic rings. The quantitative estimate of drug-likeness (QED) is 0.530. The molecular formula is C21H26AsNO4. The Morgan fingerprint density at radius 2 is 2.00 bits per heavy atom. The summed E-state index contributed by atoms with van der Waals surface area (Å²) in [5, 5.41) is 10.1. The molecule has 0 aromatic heterocycles. The number of allylic oxidation sites excluding steroid dienone is 1. The molecular weight excluding hydrogens is 405 g/mol. The van der Waals surface area contributed by atoms with Crippen LogP contribution in [0.25, 0.3) is 0 Å². The zero-order valence-electron chi connectivity index (χ0n) is 15.9. The number of hydrogen-bond donors (Lipinski definition) is 0. The Labute approximate surface area is 169 Å². The zero-order chi connectivity index (χ0) is 19.4. The van der Waals surface area contributed by atoms with Crippen molar-refractivity contribution in [2.24, 2.45) is 0 Å². The molecule has 144 valence electrons. The average molecular weight is 431 g/mol. The third-order valence-corrected chi connectivity index (χ3v) is 6.98. The van der Waals surface area contributed by atoms with Crippen molar-refractivity contribution in [1.29, 1.82) is 5.26 Å². The Balaban J connectivity index is 1.95. The summed E-state index contributed by atoms with van der Waals surface area (Å²) in [5.41, 5.74) is 0.763. The molecule has 2 aliphatic carbocycles. The SMILES string of the molecule is COC(=O)C1=C([AsH2])CCC(C#N)(c2ccc(OC)c(OC3CCCC3)c2)C1. The van der Waals surface area contributed by atoms with E-state index in [1.54, 1.807) is 7.11 Å². The number of methoxy groups -OCH3 is 2. The number of nitriles is 1. The van der Waals surface area contributed by atoms with E-state index in [0.717, 1.165) is 29.2 Å². The fourth-order valence-electron chi connectivity index (χ4n) is 3.99. The van der Waals surface area contributed by atoms with E-state index < -0.39 is 5.41 Å². The number of carbonyl (C=O) groups is 1. The Kier molecular flexibility index (Phi) is 6.17. The number of esters is 1. The molecule has 0 aliphatic heterocycles. The van der Waals surface area contributed by atoms with Gasteiger partial charge in [0.05, 0.1) is 0 Å². The third-order valence-electron chi connectivity index (χ3n) is 5.65. The Morgan fingerprint density at radius 1 is 1.26 bits per heavy atom. The van der Waals surface area contributed by atoms with Crippen LogP contribution in [0.15, 0.2) is 28.1 Å². The molecule has 3 rings (SSSR count). The predicted molar refractivity (Wildman–Crippen MR) is 105 cm³/mol. The van der Waals surface area contributed by atoms with Gasteiger partial charge in [0.1, 0.15) is 0 Å². The number of nitrogens with zero attached hydrogens (tertiary/aromatic N) is 1. The molecule has 0 spiro atoms. The van der Waals surface area contributed by atoms with Gasteiger partial charge in [-0.25, -0.2) is 0 Å². The topological polar surface area (TPSA) is 68.6 Å². The van der Waals surface area contributed by atoms with Gasteiger partial charge in [-0.15, -0.1) is 0 Å². The molecule has 0 amide bonds. The van der Waals surface area contributed by atoms with Crippen LogP contribution in [0.2, 0.25) is 0 Å². The van der Waals surface area contributed by atoms with Crippen molar-refractivity contribution in [3.63, 3.8) is 0 Å². The predicted octanol–water partition coefficient (Wildman–Crippen LogP) is 3.02. The average Bonchev–Trinajstić information content (AvgIpc) is 3.21. The van der Waals surface area contributed by atoms with E-state index in [2.05, 4.69) is 6.07 Å². The van der Waals surface area contributed by atoms with Gasteiger partial charge in [-0.1, -0.05) is 0 Å². The Morgan fingerprint density at radius 3 is 2.63 bits per heavy atom. The first-order chi connectivity index (χ1) is 13.0. The fourth-order valence-corrected chi connectivity index (χ4v) is 4.75. The fraction of sp³-hybridized carbons (Fsp3) is 0.524. The molecule has 5 nitrogen and oxygen atoms in total. The summed E-state index contributed by atoms with van der Waals surface area (Å²) in [4.78, 5) is 12.2. The van der Waals surface area contributed by atoms with Crippen molar-refractivity contribution in [3.05, 3.63) is 33.7 Å². The van der Waals surface area contributed by atoms with Crippen LogP contribution in [0.1, 0.15) is 50.5 Å². The van der Waals surface area contributed by atoms with Crippen LogP contribution >= 0.6 is 0 Å². The summed E-state index contributed by atoms with van der Waals surface area (Å²) >= 11 is 1.43. The normalized spacial score (nSPS) is 23.0. The van der Waals surface area contributed by atoms with Gasteiger partial charge in [-0.2, -0.15) is 0 Å². The Bertz CT molecular complexity index is 792. The van der Waals surface area contributed by atoms with Gasteiger partial charge < -0.3 is 0 Å². The number of benzene rings is 1. The van der Waals surface area contributed by atoms with E-state index in [1.807, 2.05) is 18.2 Å². The number of hydrogen-bond acceptors (Lipinski definition) is 5. The summed E-state index contributed by atoms with van der Waals surface area (Å²) < 4.78 is 17.7. The van der Waals surface area contributed by atoms with E-state index in [9.17, 15) is 10.1 Å². The first kappa shape index (κ1) is 19.8. The van der Waals surface area contributed by atoms with Crippen LogP contribution in [-0.4, -0.2) is 43.1 Å². The van der Waals surface area contributed by atoms with Crippen molar-refractivity contribution < 1.29 is 19.0 Å². The summed E-state index contributed by atoms with van der Waals surface area (Å²) in [6, 6.07) is 8.21. The summed E-state index contributed by atoms with van der Waals surface area (Å²) in [6.45, 7) is 0. The minimum atomic E-state index is -0.751. The Hall–Kier alpha value is -1.92. The van der Waals surface area contributed by atoms with Gasteiger partial charge in [0.2, 0.25) is 0 Å². The molecule has 1 aromatic carbocycles. The first-order valence-corrected chi connectivity index (χ1v) is 10.6. The second-order valence-electron chi connectivity index (χ2n) is 7.26. The van der Waals surface area contributed by atoms with Crippen molar-refractivity contribution >= 4 is 22.8 Å². The molecule has 0 heterocycles. The van der Waals surface area contributed by atoms with Crippen molar-refractivity contribution in [1.82, 2.24) is 0 Å². The standard InChI is InChI=1S/C21H26AsNO4/c1-25-18-8-7-14(11-19(18)27-15-5-3-4-6-15)21(13-23)10-9-17(22)16(12-21)20(24)26-2/h7-8,11,15H,3-6,9-10,12,22H2,1-2H3. The maximum atomic E-state index is 12.2. The minimum absolute atomic E-state index is 0.203. The summed E-state index contributed by atoms with van der Waals surface area (Å²) in [5.74, 6) is 1.04. The van der Waals surface area contributed by atoms with Gasteiger partial charge in [-0.05, 0) is 0 Å². The molecule has 1 saturated carbocycles. The van der Waals surface area contributed by atoms with E-state index in [-0.39, 0.29) is 12.1 Å². The molecule has 0 saturated heterocycles. The van der Waals surface area contributed by atoms with Crippen LogP contribution in [0.3, 0.4) is 0 Å². The van der Waals surface area contributed by atoms with E-state index in [4.69, 9.17) is 14.2 Å². The van der Waals surface area contributed by atoms with Crippen LogP contribution in [-0.2, 0) is 14.9 Å². The third kappa shape index (κ3) is 4.01. The second kappa shape index (κ2) is 8.40. The van der Waals surface area contributed by atoms with Crippen molar-refractivity contribution in [2.75, 3.05) is 14.2 Å². The van der Waals surface area contributed by atoms with Crippen LogP contribution in [0, 0.1) is 11.3 Å². The maximum absolute atomic E-state index is 12.2.